The maximum absolute atomic E-state index is 5.39. The molecular weight excluding hydrogens is 270 g/mol. The Balaban J connectivity index is 1.54. The van der Waals surface area contributed by atoms with E-state index in [1.807, 2.05) is 0 Å². The fourth-order valence-corrected chi connectivity index (χ4v) is 4.24. The van der Waals surface area contributed by atoms with Crippen LogP contribution in [0.1, 0.15) is 29.0 Å². The van der Waals surface area contributed by atoms with Gasteiger partial charge in [0.15, 0.2) is 0 Å². The average Bonchev–Trinajstić information content (AvgIpc) is 2.55. The molecule has 0 spiro atoms. The molecule has 0 radical (unpaired) electrons. The minimum Gasteiger partial charge on any atom is -0.497 e. The third-order valence-electron chi connectivity index (χ3n) is 5.16. The first-order valence-electron chi connectivity index (χ1n) is 8.25. The zero-order valence-corrected chi connectivity index (χ0v) is 13.2. The van der Waals surface area contributed by atoms with E-state index in [2.05, 4.69) is 53.4 Å². The van der Waals surface area contributed by atoms with Crippen molar-refractivity contribution in [2.24, 2.45) is 5.92 Å². The molecule has 22 heavy (non-hydrogen) atoms. The quantitative estimate of drug-likeness (QED) is 0.852. The third kappa shape index (κ3) is 2.64. The van der Waals surface area contributed by atoms with Crippen molar-refractivity contribution in [3.8, 4) is 5.75 Å². The van der Waals surface area contributed by atoms with Gasteiger partial charge in [0.05, 0.1) is 7.11 Å². The molecule has 1 fully saturated rings. The van der Waals surface area contributed by atoms with Gasteiger partial charge < -0.3 is 4.74 Å². The summed E-state index contributed by atoms with van der Waals surface area (Å²) in [6.07, 6.45) is 2.55. The molecule has 2 atom stereocenters. The van der Waals surface area contributed by atoms with Crippen molar-refractivity contribution >= 4 is 0 Å². The Hall–Kier alpha value is -1.80. The highest BCUT2D eigenvalue weighted by atomic mass is 16.5. The number of nitrogens with zero attached hydrogens (tertiary/aromatic N) is 1. The van der Waals surface area contributed by atoms with E-state index in [1.54, 1.807) is 12.7 Å². The first-order valence-corrected chi connectivity index (χ1v) is 8.25. The molecule has 2 unspecified atom stereocenters. The minimum atomic E-state index is 0.692. The first kappa shape index (κ1) is 13.8. The van der Waals surface area contributed by atoms with Crippen molar-refractivity contribution < 1.29 is 4.74 Å². The topological polar surface area (TPSA) is 12.5 Å². The van der Waals surface area contributed by atoms with E-state index < -0.39 is 0 Å². The lowest BCUT2D eigenvalue weighted by molar-refractivity contribution is 0.138. The second-order valence-corrected chi connectivity index (χ2v) is 6.75. The summed E-state index contributed by atoms with van der Waals surface area (Å²) < 4.78 is 5.39. The molecule has 0 amide bonds. The van der Waals surface area contributed by atoms with Crippen molar-refractivity contribution in [1.29, 1.82) is 0 Å². The Bertz CT molecular complexity index is 652. The van der Waals surface area contributed by atoms with Crippen LogP contribution >= 0.6 is 0 Å². The highest BCUT2D eigenvalue weighted by molar-refractivity contribution is 5.40. The lowest BCUT2D eigenvalue weighted by Crippen LogP contribution is -2.42. The highest BCUT2D eigenvalue weighted by Gasteiger charge is 2.33. The summed E-state index contributed by atoms with van der Waals surface area (Å²) in [4.78, 5) is 2.64. The third-order valence-corrected chi connectivity index (χ3v) is 5.16. The number of likely N-dealkylation sites (tertiary alicyclic amines) is 1. The van der Waals surface area contributed by atoms with Crippen LogP contribution in [0.4, 0.5) is 0 Å². The Kier molecular flexibility index (Phi) is 3.63. The zero-order chi connectivity index (χ0) is 14.9. The first-order chi connectivity index (χ1) is 10.8. The number of benzene rings is 2. The molecule has 114 valence electrons. The van der Waals surface area contributed by atoms with E-state index >= 15 is 0 Å². The van der Waals surface area contributed by atoms with Crippen LogP contribution in [0.5, 0.6) is 5.75 Å². The van der Waals surface area contributed by atoms with Crippen LogP contribution in [-0.2, 0) is 13.0 Å². The second kappa shape index (κ2) is 5.77. The predicted octanol–water partition coefficient (Wildman–Crippen LogP) is 3.86. The van der Waals surface area contributed by atoms with Gasteiger partial charge in [0.1, 0.15) is 5.75 Å². The summed E-state index contributed by atoms with van der Waals surface area (Å²) in [6.45, 7) is 3.49. The molecule has 2 bridgehead atoms. The summed E-state index contributed by atoms with van der Waals surface area (Å²) >= 11 is 0. The van der Waals surface area contributed by atoms with Crippen LogP contribution in [0.25, 0.3) is 0 Å². The van der Waals surface area contributed by atoms with Gasteiger partial charge in [0.2, 0.25) is 0 Å². The van der Waals surface area contributed by atoms with Gasteiger partial charge in [0, 0.05) is 19.6 Å². The molecule has 1 saturated heterocycles. The van der Waals surface area contributed by atoms with Gasteiger partial charge in [-0.3, -0.25) is 4.90 Å². The van der Waals surface area contributed by atoms with Crippen LogP contribution in [-0.4, -0.2) is 25.1 Å². The maximum atomic E-state index is 5.39. The smallest absolute Gasteiger partial charge is 0.119 e. The van der Waals surface area contributed by atoms with Crippen molar-refractivity contribution in [1.82, 2.24) is 4.90 Å². The fraction of sp³-hybridized carbons (Fsp3) is 0.400. The molecule has 0 aromatic heterocycles. The number of piperidine rings is 1. The number of hydrogen-bond acceptors (Lipinski definition) is 2. The van der Waals surface area contributed by atoms with E-state index in [1.165, 1.54) is 37.1 Å². The Labute approximate surface area is 132 Å². The maximum Gasteiger partial charge on any atom is 0.119 e. The monoisotopic (exact) mass is 293 g/mol. The lowest BCUT2D eigenvalue weighted by Gasteiger charge is -2.42. The molecule has 2 heteroatoms. The second-order valence-electron chi connectivity index (χ2n) is 6.75. The zero-order valence-electron chi connectivity index (χ0n) is 13.2. The van der Waals surface area contributed by atoms with E-state index in [9.17, 15) is 0 Å². The van der Waals surface area contributed by atoms with Gasteiger partial charge >= 0.3 is 0 Å². The Morgan fingerprint density at radius 3 is 2.77 bits per heavy atom. The van der Waals surface area contributed by atoms with Crippen molar-refractivity contribution in [2.45, 2.75) is 25.3 Å². The van der Waals surface area contributed by atoms with Crippen LogP contribution in [0.2, 0.25) is 0 Å². The molecular formula is C20H23NO. The number of ether oxygens (including phenoxy) is 1. The lowest BCUT2D eigenvalue weighted by atomic mass is 9.74. The van der Waals surface area contributed by atoms with Crippen molar-refractivity contribution in [2.75, 3.05) is 20.2 Å². The highest BCUT2D eigenvalue weighted by Crippen LogP contribution is 2.40. The van der Waals surface area contributed by atoms with Gasteiger partial charge in [-0.05, 0) is 53.5 Å². The molecule has 1 heterocycles. The van der Waals surface area contributed by atoms with E-state index in [0.717, 1.165) is 18.2 Å². The van der Waals surface area contributed by atoms with E-state index in [4.69, 9.17) is 4.74 Å². The molecule has 0 saturated carbocycles. The van der Waals surface area contributed by atoms with Crippen LogP contribution in [0, 0.1) is 5.92 Å². The molecule has 1 aliphatic heterocycles. The number of hydrogen-bond donors (Lipinski definition) is 0. The Morgan fingerprint density at radius 2 is 1.95 bits per heavy atom. The summed E-state index contributed by atoms with van der Waals surface area (Å²) in [5, 5.41) is 0. The average molecular weight is 293 g/mol. The van der Waals surface area contributed by atoms with Crippen molar-refractivity contribution in [3.05, 3.63) is 65.2 Å². The number of methoxy groups -OCH3 is 1. The molecule has 2 aromatic rings. The van der Waals surface area contributed by atoms with Gasteiger partial charge in [-0.25, -0.2) is 0 Å². The van der Waals surface area contributed by atoms with Gasteiger partial charge in [-0.2, -0.15) is 0 Å². The normalized spacial score (nSPS) is 23.9. The molecule has 2 aliphatic rings. The molecule has 1 aliphatic carbocycles. The Morgan fingerprint density at radius 1 is 1.09 bits per heavy atom. The van der Waals surface area contributed by atoms with Crippen LogP contribution in [0.15, 0.2) is 48.5 Å². The molecule has 4 rings (SSSR count). The SMILES string of the molecule is COc1ccc2c(c1)CC1CC2CN(Cc2ccccc2)C1. The number of fused-ring (bicyclic) bond motifs is 4. The van der Waals surface area contributed by atoms with Gasteiger partial charge in [0.25, 0.3) is 0 Å². The van der Waals surface area contributed by atoms with E-state index in [-0.39, 0.29) is 0 Å². The summed E-state index contributed by atoms with van der Waals surface area (Å²) in [6, 6.07) is 17.5. The van der Waals surface area contributed by atoms with Crippen molar-refractivity contribution in [3.63, 3.8) is 0 Å². The standard InChI is InChI=1S/C20H23NO/c1-22-19-7-8-20-17(11-19)9-16-10-18(20)14-21(13-16)12-15-5-3-2-4-6-15/h2-8,11,16,18H,9-10,12-14H2,1H3. The van der Waals surface area contributed by atoms with Crippen LogP contribution < -0.4 is 4.74 Å². The van der Waals surface area contributed by atoms with Crippen LogP contribution in [0.3, 0.4) is 0 Å². The largest absolute Gasteiger partial charge is 0.497 e. The number of rotatable bonds is 3. The van der Waals surface area contributed by atoms with E-state index in [0.29, 0.717) is 5.92 Å². The minimum absolute atomic E-state index is 0.692. The molecule has 0 N–H and O–H groups in total. The fourth-order valence-electron chi connectivity index (χ4n) is 4.24. The predicted molar refractivity (Wildman–Crippen MR) is 89.3 cm³/mol. The van der Waals surface area contributed by atoms with Gasteiger partial charge in [-0.1, -0.05) is 36.4 Å². The summed E-state index contributed by atoms with van der Waals surface area (Å²) in [5.41, 5.74) is 4.49. The van der Waals surface area contributed by atoms with Gasteiger partial charge in [-0.15, -0.1) is 0 Å². The molecule has 2 nitrogen and oxygen atoms in total. The molecule has 2 aromatic carbocycles. The summed E-state index contributed by atoms with van der Waals surface area (Å²) in [7, 11) is 1.76. The summed E-state index contributed by atoms with van der Waals surface area (Å²) in [5.74, 6) is 2.49.